The number of carbonyl (C=O) groups is 2. The number of hydrogen-bond acceptors (Lipinski definition) is 2. The zero-order valence-electron chi connectivity index (χ0n) is 14.2. The molecule has 130 valence electrons. The van der Waals surface area contributed by atoms with E-state index in [1.165, 1.54) is 12.1 Å². The van der Waals surface area contributed by atoms with Gasteiger partial charge in [-0.3, -0.25) is 9.69 Å². The van der Waals surface area contributed by atoms with Gasteiger partial charge in [0.15, 0.2) is 0 Å². The van der Waals surface area contributed by atoms with Gasteiger partial charge in [-0.25, -0.2) is 9.18 Å². The van der Waals surface area contributed by atoms with Crippen LogP contribution in [0.5, 0.6) is 0 Å². The Morgan fingerprint density at radius 2 is 1.73 bits per heavy atom. The summed E-state index contributed by atoms with van der Waals surface area (Å²) >= 11 is 0. The molecule has 3 amide bonds. The lowest BCUT2D eigenvalue weighted by molar-refractivity contribution is -0.131. The van der Waals surface area contributed by atoms with Gasteiger partial charge >= 0.3 is 6.03 Å². The second kappa shape index (κ2) is 5.95. The Bertz CT molecular complexity index is 1030. The maximum absolute atomic E-state index is 13.4. The Balaban J connectivity index is 1.73. The summed E-state index contributed by atoms with van der Waals surface area (Å²) in [6.45, 7) is 1.74. The highest BCUT2D eigenvalue weighted by atomic mass is 19.1. The molecule has 26 heavy (non-hydrogen) atoms. The summed E-state index contributed by atoms with van der Waals surface area (Å²) in [5.74, 6) is -0.741. The molecule has 4 rings (SSSR count). The minimum absolute atomic E-state index is 0.0305. The van der Waals surface area contributed by atoms with E-state index in [1.54, 1.807) is 19.1 Å². The van der Waals surface area contributed by atoms with Gasteiger partial charge in [0.2, 0.25) is 0 Å². The number of imide groups is 1. The van der Waals surface area contributed by atoms with E-state index in [1.807, 2.05) is 42.5 Å². The van der Waals surface area contributed by atoms with E-state index in [-0.39, 0.29) is 12.5 Å². The predicted molar refractivity (Wildman–Crippen MR) is 96.8 cm³/mol. The first kappa shape index (κ1) is 16.3. The monoisotopic (exact) mass is 348 g/mol. The molecule has 1 aliphatic rings. The molecule has 3 aromatic rings. The van der Waals surface area contributed by atoms with Gasteiger partial charge < -0.3 is 5.32 Å². The summed E-state index contributed by atoms with van der Waals surface area (Å²) in [7, 11) is 0. The first-order chi connectivity index (χ1) is 12.5. The molecule has 1 heterocycles. The molecular weight excluding hydrogens is 331 g/mol. The third kappa shape index (κ3) is 2.52. The van der Waals surface area contributed by atoms with Crippen molar-refractivity contribution >= 4 is 22.7 Å². The van der Waals surface area contributed by atoms with Crippen molar-refractivity contribution in [2.75, 3.05) is 0 Å². The quantitative estimate of drug-likeness (QED) is 0.729. The largest absolute Gasteiger partial charge is 0.325 e. The molecule has 0 bridgehead atoms. The summed E-state index contributed by atoms with van der Waals surface area (Å²) in [5.41, 5.74) is 0.150. The van der Waals surface area contributed by atoms with E-state index in [0.29, 0.717) is 5.56 Å². The van der Waals surface area contributed by atoms with Gasteiger partial charge in [-0.15, -0.1) is 0 Å². The summed E-state index contributed by atoms with van der Waals surface area (Å²) < 4.78 is 13.4. The summed E-state index contributed by atoms with van der Waals surface area (Å²) in [6, 6.07) is 18.9. The SMILES string of the molecule is C[C@@]1(c2cccc3ccccc23)NC(=O)N(Cc2cccc(F)c2)C1=O. The number of benzene rings is 3. The topological polar surface area (TPSA) is 49.4 Å². The molecule has 4 nitrogen and oxygen atoms in total. The Labute approximate surface area is 150 Å². The number of amides is 3. The lowest BCUT2D eigenvalue weighted by Gasteiger charge is -2.24. The van der Waals surface area contributed by atoms with Gasteiger partial charge in [0.25, 0.3) is 5.91 Å². The normalized spacial score (nSPS) is 19.8. The molecule has 1 aliphatic heterocycles. The van der Waals surface area contributed by atoms with Crippen molar-refractivity contribution in [1.29, 1.82) is 0 Å². The smallest absolute Gasteiger partial charge is 0.319 e. The molecule has 1 saturated heterocycles. The average molecular weight is 348 g/mol. The number of fused-ring (bicyclic) bond motifs is 1. The molecule has 0 unspecified atom stereocenters. The van der Waals surface area contributed by atoms with Gasteiger partial charge in [0.1, 0.15) is 11.4 Å². The first-order valence-electron chi connectivity index (χ1n) is 8.36. The van der Waals surface area contributed by atoms with Crippen LogP contribution < -0.4 is 5.32 Å². The van der Waals surface area contributed by atoms with Crippen molar-refractivity contribution in [3.8, 4) is 0 Å². The summed E-state index contributed by atoms with van der Waals surface area (Å²) in [4.78, 5) is 26.8. The first-order valence-corrected chi connectivity index (χ1v) is 8.36. The maximum atomic E-state index is 13.4. The standard InChI is InChI=1S/C21H17FN2O2/c1-21(18-11-5-8-15-7-2-3-10-17(15)18)19(25)24(20(26)23-21)13-14-6-4-9-16(22)12-14/h2-12H,13H2,1H3,(H,23,26)/t21-/m0/s1. The zero-order valence-corrected chi connectivity index (χ0v) is 14.2. The fourth-order valence-corrected chi connectivity index (χ4v) is 3.50. The van der Waals surface area contributed by atoms with Gasteiger partial charge in [0, 0.05) is 0 Å². The highest BCUT2D eigenvalue weighted by Gasteiger charge is 2.49. The van der Waals surface area contributed by atoms with Crippen LogP contribution in [0.2, 0.25) is 0 Å². The molecule has 1 fully saturated rings. The number of rotatable bonds is 3. The molecule has 0 spiro atoms. The van der Waals surface area contributed by atoms with Gasteiger partial charge in [-0.2, -0.15) is 0 Å². The van der Waals surface area contributed by atoms with Crippen LogP contribution >= 0.6 is 0 Å². The van der Waals surface area contributed by atoms with Crippen molar-refractivity contribution in [3.05, 3.63) is 83.7 Å². The Kier molecular flexibility index (Phi) is 3.72. The zero-order chi connectivity index (χ0) is 18.3. The molecular formula is C21H17FN2O2. The third-order valence-electron chi connectivity index (χ3n) is 4.83. The highest BCUT2D eigenvalue weighted by Crippen LogP contribution is 2.34. The predicted octanol–water partition coefficient (Wildman–Crippen LogP) is 3.95. The highest BCUT2D eigenvalue weighted by molar-refractivity contribution is 6.09. The molecule has 0 aliphatic carbocycles. The van der Waals surface area contributed by atoms with Crippen molar-refractivity contribution in [1.82, 2.24) is 10.2 Å². The van der Waals surface area contributed by atoms with E-state index >= 15 is 0 Å². The third-order valence-corrected chi connectivity index (χ3v) is 4.83. The number of hydrogen-bond donors (Lipinski definition) is 1. The minimum atomic E-state index is -1.16. The van der Waals surface area contributed by atoms with Crippen LogP contribution in [0.15, 0.2) is 66.7 Å². The van der Waals surface area contributed by atoms with Crippen LogP contribution in [0.1, 0.15) is 18.1 Å². The van der Waals surface area contributed by atoms with Gasteiger partial charge in [-0.05, 0) is 41.0 Å². The Hall–Kier alpha value is -3.21. The fraction of sp³-hybridized carbons (Fsp3) is 0.143. The molecule has 0 saturated carbocycles. The lowest BCUT2D eigenvalue weighted by atomic mass is 9.88. The van der Waals surface area contributed by atoms with Crippen molar-refractivity contribution in [2.45, 2.75) is 19.0 Å². The number of nitrogens with zero attached hydrogens (tertiary/aromatic N) is 1. The Morgan fingerprint density at radius 1 is 1.00 bits per heavy atom. The second-order valence-electron chi connectivity index (χ2n) is 6.60. The minimum Gasteiger partial charge on any atom is -0.319 e. The van der Waals surface area contributed by atoms with Crippen LogP contribution in [0.4, 0.5) is 9.18 Å². The number of carbonyl (C=O) groups excluding carboxylic acids is 2. The fourth-order valence-electron chi connectivity index (χ4n) is 3.50. The molecule has 1 atom stereocenters. The molecule has 5 heteroatoms. The lowest BCUT2D eigenvalue weighted by Crippen LogP contribution is -2.41. The van der Waals surface area contributed by atoms with Crippen molar-refractivity contribution in [2.24, 2.45) is 0 Å². The van der Waals surface area contributed by atoms with E-state index < -0.39 is 17.4 Å². The summed E-state index contributed by atoms with van der Waals surface area (Å²) in [5, 5.41) is 4.73. The van der Waals surface area contributed by atoms with Crippen LogP contribution in [0.3, 0.4) is 0 Å². The average Bonchev–Trinajstić information content (AvgIpc) is 2.85. The maximum Gasteiger partial charge on any atom is 0.325 e. The molecule has 0 aromatic heterocycles. The number of nitrogens with one attached hydrogen (secondary N) is 1. The van der Waals surface area contributed by atoms with Crippen LogP contribution in [0.25, 0.3) is 10.8 Å². The van der Waals surface area contributed by atoms with E-state index in [4.69, 9.17) is 0 Å². The van der Waals surface area contributed by atoms with E-state index in [0.717, 1.165) is 21.2 Å². The van der Waals surface area contributed by atoms with E-state index in [2.05, 4.69) is 5.32 Å². The van der Waals surface area contributed by atoms with Crippen LogP contribution in [-0.2, 0) is 16.9 Å². The summed E-state index contributed by atoms with van der Waals surface area (Å²) in [6.07, 6.45) is 0. The van der Waals surface area contributed by atoms with Crippen LogP contribution in [-0.4, -0.2) is 16.8 Å². The molecule has 3 aromatic carbocycles. The van der Waals surface area contributed by atoms with Gasteiger partial charge in [0.05, 0.1) is 6.54 Å². The van der Waals surface area contributed by atoms with E-state index in [9.17, 15) is 14.0 Å². The van der Waals surface area contributed by atoms with Gasteiger partial charge in [-0.1, -0.05) is 54.6 Å². The Morgan fingerprint density at radius 3 is 2.54 bits per heavy atom. The molecule has 1 N–H and O–H groups in total. The van der Waals surface area contributed by atoms with Crippen molar-refractivity contribution in [3.63, 3.8) is 0 Å². The molecule has 0 radical (unpaired) electrons. The number of halogens is 1. The van der Waals surface area contributed by atoms with Crippen molar-refractivity contribution < 1.29 is 14.0 Å². The second-order valence-corrected chi connectivity index (χ2v) is 6.60. The number of urea groups is 1. The van der Waals surface area contributed by atoms with Crippen LogP contribution in [0, 0.1) is 5.82 Å².